The van der Waals surface area contributed by atoms with Gasteiger partial charge in [0, 0.05) is 18.3 Å². The zero-order chi connectivity index (χ0) is 21.1. The number of hydrogen-bond donors (Lipinski definition) is 1. The lowest BCUT2D eigenvalue weighted by molar-refractivity contribution is -0.387. The van der Waals surface area contributed by atoms with Gasteiger partial charge in [0.05, 0.1) is 9.82 Å². The smallest absolute Gasteiger partial charge is 0.306 e. The summed E-state index contributed by atoms with van der Waals surface area (Å²) in [6.07, 6.45) is 0. The monoisotopic (exact) mass is 409 g/mol. The normalized spacial score (nSPS) is 12.6. The molecule has 8 nitrogen and oxygen atoms in total. The first-order valence-corrected chi connectivity index (χ1v) is 9.85. The van der Waals surface area contributed by atoms with Crippen LogP contribution in [0, 0.1) is 22.9 Å². The summed E-state index contributed by atoms with van der Waals surface area (Å²) < 4.78 is 40.2. The highest BCUT2D eigenvalue weighted by Crippen LogP contribution is 2.25. The number of likely N-dealkylation sites (N-methyl/N-ethyl adjacent to an activating group) is 1. The minimum absolute atomic E-state index is 0.0595. The number of benzene rings is 2. The molecule has 0 aliphatic heterocycles. The minimum atomic E-state index is -4.27. The molecule has 0 unspecified atom stereocenters. The quantitative estimate of drug-likeness (QED) is 0.558. The molecule has 0 aliphatic rings. The molecule has 2 aromatic carbocycles. The molecule has 150 valence electrons. The van der Waals surface area contributed by atoms with Crippen molar-refractivity contribution < 1.29 is 22.5 Å². The molecular formula is C18H20FN3O5S. The summed E-state index contributed by atoms with van der Waals surface area (Å²) in [5.41, 5.74) is 0.559. The summed E-state index contributed by atoms with van der Waals surface area (Å²) in [6, 6.07) is 8.18. The Labute approximate surface area is 162 Å². The third-order valence-corrected chi connectivity index (χ3v) is 6.20. The van der Waals surface area contributed by atoms with Crippen LogP contribution in [-0.4, -0.2) is 36.1 Å². The molecule has 1 atom stereocenters. The van der Waals surface area contributed by atoms with E-state index < -0.39 is 43.3 Å². The Morgan fingerprint density at radius 2 is 1.86 bits per heavy atom. The van der Waals surface area contributed by atoms with Crippen LogP contribution in [0.4, 0.5) is 15.8 Å². The summed E-state index contributed by atoms with van der Waals surface area (Å²) >= 11 is 0. The number of carbonyl (C=O) groups is 1. The van der Waals surface area contributed by atoms with Crippen LogP contribution in [0.15, 0.2) is 47.4 Å². The van der Waals surface area contributed by atoms with Crippen molar-refractivity contribution in [3.05, 3.63) is 64.0 Å². The van der Waals surface area contributed by atoms with E-state index in [1.807, 2.05) is 6.92 Å². The van der Waals surface area contributed by atoms with Crippen LogP contribution in [0.5, 0.6) is 0 Å². The second-order valence-corrected chi connectivity index (χ2v) is 8.00. The van der Waals surface area contributed by atoms with Gasteiger partial charge in [-0.3, -0.25) is 14.9 Å². The van der Waals surface area contributed by atoms with Gasteiger partial charge in [-0.15, -0.1) is 0 Å². The van der Waals surface area contributed by atoms with Gasteiger partial charge in [0.2, 0.25) is 21.7 Å². The maximum Gasteiger partial charge on any atom is 0.306 e. The highest BCUT2D eigenvalue weighted by atomic mass is 32.2. The summed E-state index contributed by atoms with van der Waals surface area (Å²) in [5.74, 6) is -1.71. The first-order valence-electron chi connectivity index (χ1n) is 8.41. The molecule has 10 heteroatoms. The van der Waals surface area contributed by atoms with E-state index in [0.29, 0.717) is 11.8 Å². The van der Waals surface area contributed by atoms with Crippen molar-refractivity contribution in [2.75, 3.05) is 11.9 Å². The Morgan fingerprint density at radius 1 is 1.25 bits per heavy atom. The number of halogens is 1. The molecule has 0 aliphatic carbocycles. The van der Waals surface area contributed by atoms with Crippen LogP contribution in [0.3, 0.4) is 0 Å². The standard InChI is InChI=1S/C18H20FN3O5S/c1-4-21(13(3)18(23)20-14-7-5-12(2)6-8-14)28(26,27)15-9-10-16(19)17(11-15)22(24)25/h5-11,13H,4H2,1-3H3,(H,20,23)/t13-/m1/s1. The van der Waals surface area contributed by atoms with Crippen molar-refractivity contribution in [3.8, 4) is 0 Å². The van der Waals surface area contributed by atoms with Gasteiger partial charge in [0.15, 0.2) is 0 Å². The van der Waals surface area contributed by atoms with Crippen molar-refractivity contribution in [2.24, 2.45) is 0 Å². The number of amides is 1. The number of nitrogens with zero attached hydrogens (tertiary/aromatic N) is 2. The maximum absolute atomic E-state index is 13.5. The van der Waals surface area contributed by atoms with Crippen LogP contribution >= 0.6 is 0 Å². The van der Waals surface area contributed by atoms with Crippen molar-refractivity contribution >= 4 is 27.3 Å². The molecule has 0 aromatic heterocycles. The van der Waals surface area contributed by atoms with Crippen LogP contribution in [-0.2, 0) is 14.8 Å². The van der Waals surface area contributed by atoms with E-state index in [0.717, 1.165) is 22.0 Å². The lowest BCUT2D eigenvalue weighted by Gasteiger charge is -2.26. The van der Waals surface area contributed by atoms with Gasteiger partial charge in [-0.05, 0) is 38.1 Å². The molecule has 2 rings (SSSR count). The Kier molecular flexibility index (Phi) is 6.47. The van der Waals surface area contributed by atoms with Crippen LogP contribution in [0.1, 0.15) is 19.4 Å². The molecular weight excluding hydrogens is 389 g/mol. The fourth-order valence-electron chi connectivity index (χ4n) is 2.59. The van der Waals surface area contributed by atoms with Gasteiger partial charge in [-0.25, -0.2) is 8.42 Å². The summed E-state index contributed by atoms with van der Waals surface area (Å²) in [5, 5.41) is 13.5. The zero-order valence-corrected chi connectivity index (χ0v) is 16.4. The number of nitro groups is 1. The summed E-state index contributed by atoms with van der Waals surface area (Å²) in [6.45, 7) is 4.77. The van der Waals surface area contributed by atoms with Crippen LogP contribution < -0.4 is 5.32 Å². The number of rotatable bonds is 7. The van der Waals surface area contributed by atoms with Gasteiger partial charge in [0.1, 0.15) is 6.04 Å². The van der Waals surface area contributed by atoms with Crippen molar-refractivity contribution in [1.82, 2.24) is 4.31 Å². The number of sulfonamides is 1. The van der Waals surface area contributed by atoms with Gasteiger partial charge >= 0.3 is 5.69 Å². The lowest BCUT2D eigenvalue weighted by atomic mass is 10.2. The van der Waals surface area contributed by atoms with E-state index in [4.69, 9.17) is 0 Å². The molecule has 0 bridgehead atoms. The first kappa shape index (κ1) is 21.5. The van der Waals surface area contributed by atoms with E-state index in [9.17, 15) is 27.7 Å². The highest BCUT2D eigenvalue weighted by Gasteiger charge is 2.33. The first-order chi connectivity index (χ1) is 13.1. The number of nitrogens with one attached hydrogen (secondary N) is 1. The van der Waals surface area contributed by atoms with E-state index in [2.05, 4.69) is 5.32 Å². The summed E-state index contributed by atoms with van der Waals surface area (Å²) in [4.78, 5) is 22.0. The van der Waals surface area contributed by atoms with E-state index in [1.54, 1.807) is 24.3 Å². The zero-order valence-electron chi connectivity index (χ0n) is 15.5. The number of carbonyl (C=O) groups excluding carboxylic acids is 1. The van der Waals surface area contributed by atoms with E-state index in [-0.39, 0.29) is 6.54 Å². The summed E-state index contributed by atoms with van der Waals surface area (Å²) in [7, 11) is -4.27. The maximum atomic E-state index is 13.5. The predicted octanol–water partition coefficient (Wildman–Crippen LogP) is 3.08. The van der Waals surface area contributed by atoms with Crippen molar-refractivity contribution in [1.29, 1.82) is 0 Å². The molecule has 0 radical (unpaired) electrons. The van der Waals surface area contributed by atoms with E-state index in [1.165, 1.54) is 13.8 Å². The largest absolute Gasteiger partial charge is 0.325 e. The van der Waals surface area contributed by atoms with Crippen molar-refractivity contribution in [3.63, 3.8) is 0 Å². The van der Waals surface area contributed by atoms with E-state index >= 15 is 0 Å². The Hall–Kier alpha value is -2.85. The van der Waals surface area contributed by atoms with Gasteiger partial charge in [0.25, 0.3) is 0 Å². The average Bonchev–Trinajstić information content (AvgIpc) is 2.63. The number of anilines is 1. The second-order valence-electron chi connectivity index (χ2n) is 6.11. The third kappa shape index (κ3) is 4.52. The minimum Gasteiger partial charge on any atom is -0.325 e. The molecule has 0 saturated heterocycles. The predicted molar refractivity (Wildman–Crippen MR) is 102 cm³/mol. The van der Waals surface area contributed by atoms with Gasteiger partial charge in [-0.1, -0.05) is 24.6 Å². The Balaban J connectivity index is 2.31. The SMILES string of the molecule is CCN([C@H](C)C(=O)Nc1ccc(C)cc1)S(=O)(=O)c1ccc(F)c([N+](=O)[O-])c1. The number of aryl methyl sites for hydroxylation is 1. The average molecular weight is 409 g/mol. The third-order valence-electron chi connectivity index (χ3n) is 4.16. The molecule has 1 N–H and O–H groups in total. The topological polar surface area (TPSA) is 110 Å². The van der Waals surface area contributed by atoms with Crippen LogP contribution in [0.2, 0.25) is 0 Å². The van der Waals surface area contributed by atoms with Gasteiger partial charge < -0.3 is 5.32 Å². The number of nitro benzene ring substituents is 1. The van der Waals surface area contributed by atoms with Crippen molar-refractivity contribution in [2.45, 2.75) is 31.7 Å². The van der Waals surface area contributed by atoms with Crippen LogP contribution in [0.25, 0.3) is 0 Å². The Morgan fingerprint density at radius 3 is 2.39 bits per heavy atom. The molecule has 28 heavy (non-hydrogen) atoms. The Bertz CT molecular complexity index is 993. The fraction of sp³-hybridized carbons (Fsp3) is 0.278. The molecule has 2 aromatic rings. The van der Waals surface area contributed by atoms with Gasteiger partial charge in [-0.2, -0.15) is 8.70 Å². The fourth-order valence-corrected chi connectivity index (χ4v) is 4.22. The molecule has 0 spiro atoms. The molecule has 0 fully saturated rings. The molecule has 1 amide bonds. The second kappa shape index (κ2) is 8.44. The molecule has 0 saturated carbocycles. The highest BCUT2D eigenvalue weighted by molar-refractivity contribution is 7.89. The number of hydrogen-bond acceptors (Lipinski definition) is 5. The lowest BCUT2D eigenvalue weighted by Crippen LogP contribution is -2.45. The molecule has 0 heterocycles.